The lowest BCUT2D eigenvalue weighted by molar-refractivity contribution is 0.0964. The molecule has 0 aliphatic carbocycles. The Bertz CT molecular complexity index is 1530. The number of fused-ring (bicyclic) bond motifs is 1. The van der Waals surface area contributed by atoms with Gasteiger partial charge in [-0.2, -0.15) is 0 Å². The Labute approximate surface area is 198 Å². The SMILES string of the molecule is CNC(=O)c1c(-c2ccc(F)cc2)oc2cc(-c3c(C)noc3C)c(OCc3nnnn3C)cc12. The van der Waals surface area contributed by atoms with Gasteiger partial charge >= 0.3 is 0 Å². The number of nitrogens with one attached hydrogen (secondary N) is 1. The molecular weight excluding hydrogens is 455 g/mol. The molecule has 3 aromatic heterocycles. The number of nitrogens with zero attached hydrogens (tertiary/aromatic N) is 5. The van der Waals surface area contributed by atoms with Crippen LogP contribution < -0.4 is 10.1 Å². The minimum atomic E-state index is -0.388. The second kappa shape index (κ2) is 8.67. The molecule has 2 aromatic carbocycles. The van der Waals surface area contributed by atoms with E-state index in [-0.39, 0.29) is 18.3 Å². The highest BCUT2D eigenvalue weighted by Crippen LogP contribution is 2.42. The minimum Gasteiger partial charge on any atom is -0.485 e. The average Bonchev–Trinajstić information content (AvgIpc) is 3.53. The van der Waals surface area contributed by atoms with Gasteiger partial charge in [0.1, 0.15) is 35.3 Å². The van der Waals surface area contributed by atoms with Crippen LogP contribution in [0.1, 0.15) is 27.6 Å². The fourth-order valence-corrected chi connectivity index (χ4v) is 3.97. The summed E-state index contributed by atoms with van der Waals surface area (Å²) in [7, 11) is 3.25. The van der Waals surface area contributed by atoms with Gasteiger partial charge in [-0.3, -0.25) is 4.79 Å². The highest BCUT2D eigenvalue weighted by molar-refractivity contribution is 6.12. The number of furan rings is 1. The molecular formula is C24H21FN6O4. The third-order valence-corrected chi connectivity index (χ3v) is 5.72. The van der Waals surface area contributed by atoms with E-state index >= 15 is 0 Å². The summed E-state index contributed by atoms with van der Waals surface area (Å²) in [5, 5.41) is 18.7. The second-order valence-electron chi connectivity index (χ2n) is 7.94. The molecule has 5 aromatic rings. The van der Waals surface area contributed by atoms with E-state index in [2.05, 4.69) is 26.0 Å². The smallest absolute Gasteiger partial charge is 0.255 e. The molecule has 11 heteroatoms. The molecule has 1 N–H and O–H groups in total. The van der Waals surface area contributed by atoms with Crippen molar-refractivity contribution in [3.63, 3.8) is 0 Å². The Morgan fingerprint density at radius 2 is 1.97 bits per heavy atom. The van der Waals surface area contributed by atoms with Gasteiger partial charge in [0, 0.05) is 30.6 Å². The maximum atomic E-state index is 13.5. The van der Waals surface area contributed by atoms with E-state index < -0.39 is 0 Å². The Morgan fingerprint density at radius 1 is 1.20 bits per heavy atom. The maximum Gasteiger partial charge on any atom is 0.255 e. The Balaban J connectivity index is 1.74. The number of tetrazole rings is 1. The van der Waals surface area contributed by atoms with E-state index in [4.69, 9.17) is 13.7 Å². The van der Waals surface area contributed by atoms with E-state index in [1.165, 1.54) is 23.9 Å². The molecule has 0 saturated heterocycles. The fraction of sp³-hybridized carbons (Fsp3) is 0.208. The van der Waals surface area contributed by atoms with Gasteiger partial charge < -0.3 is 19.0 Å². The van der Waals surface area contributed by atoms with Gasteiger partial charge in [-0.1, -0.05) is 5.16 Å². The number of carbonyl (C=O) groups excluding carboxylic acids is 1. The molecule has 3 heterocycles. The monoisotopic (exact) mass is 476 g/mol. The van der Waals surface area contributed by atoms with Crippen molar-refractivity contribution in [2.24, 2.45) is 7.05 Å². The number of aromatic nitrogens is 5. The lowest BCUT2D eigenvalue weighted by Gasteiger charge is -2.11. The van der Waals surface area contributed by atoms with Crippen LogP contribution in [0, 0.1) is 19.7 Å². The topological polar surface area (TPSA) is 121 Å². The van der Waals surface area contributed by atoms with Gasteiger partial charge in [-0.05, 0) is 60.7 Å². The molecule has 0 aliphatic heterocycles. The predicted molar refractivity (Wildman–Crippen MR) is 123 cm³/mol. The first-order chi connectivity index (χ1) is 16.9. The number of rotatable bonds is 6. The number of halogens is 1. The second-order valence-corrected chi connectivity index (χ2v) is 7.94. The molecule has 0 atom stereocenters. The van der Waals surface area contributed by atoms with Crippen LogP contribution in [0.5, 0.6) is 5.75 Å². The Morgan fingerprint density at radius 3 is 2.60 bits per heavy atom. The van der Waals surface area contributed by atoms with Crippen molar-refractivity contribution in [2.75, 3.05) is 7.05 Å². The number of ether oxygens (including phenoxy) is 1. The zero-order valence-corrected chi connectivity index (χ0v) is 19.4. The first-order valence-electron chi connectivity index (χ1n) is 10.7. The first kappa shape index (κ1) is 22.3. The summed E-state index contributed by atoms with van der Waals surface area (Å²) in [4.78, 5) is 12.9. The standard InChI is InChI=1S/C24H21FN6O4/c1-12-21(13(2)35-28-12)16-10-19-17(9-18(16)33-11-20-27-29-30-31(20)4)22(24(32)26-3)23(34-19)14-5-7-15(25)8-6-14/h5-10H,11H2,1-4H3,(H,26,32). The largest absolute Gasteiger partial charge is 0.485 e. The number of carbonyl (C=O) groups is 1. The molecule has 35 heavy (non-hydrogen) atoms. The van der Waals surface area contributed by atoms with Crippen LogP contribution in [-0.4, -0.2) is 38.3 Å². The van der Waals surface area contributed by atoms with E-state index in [0.29, 0.717) is 56.4 Å². The fourth-order valence-electron chi connectivity index (χ4n) is 3.97. The van der Waals surface area contributed by atoms with Crippen LogP contribution in [0.4, 0.5) is 4.39 Å². The van der Waals surface area contributed by atoms with E-state index in [1.54, 1.807) is 38.2 Å². The molecule has 5 rings (SSSR count). The Hall–Kier alpha value is -4.54. The molecule has 0 fully saturated rings. The van der Waals surface area contributed by atoms with Crippen molar-refractivity contribution in [1.29, 1.82) is 0 Å². The van der Waals surface area contributed by atoms with Crippen LogP contribution in [0.25, 0.3) is 33.4 Å². The third kappa shape index (κ3) is 3.90. The van der Waals surface area contributed by atoms with Crippen molar-refractivity contribution < 1.29 is 22.9 Å². The van der Waals surface area contributed by atoms with Gasteiger partial charge in [0.15, 0.2) is 5.82 Å². The Kier molecular flexibility index (Phi) is 5.51. The summed E-state index contributed by atoms with van der Waals surface area (Å²) in [6.07, 6.45) is 0. The third-order valence-electron chi connectivity index (χ3n) is 5.72. The van der Waals surface area contributed by atoms with Gasteiger partial charge in [0.25, 0.3) is 5.91 Å². The van der Waals surface area contributed by atoms with Crippen molar-refractivity contribution in [3.8, 4) is 28.2 Å². The normalized spacial score (nSPS) is 11.2. The molecule has 0 spiro atoms. The predicted octanol–water partition coefficient (Wildman–Crippen LogP) is 3.97. The summed E-state index contributed by atoms with van der Waals surface area (Å²) >= 11 is 0. The molecule has 10 nitrogen and oxygen atoms in total. The van der Waals surface area contributed by atoms with Crippen LogP contribution in [0.2, 0.25) is 0 Å². The first-order valence-corrected chi connectivity index (χ1v) is 10.7. The zero-order valence-electron chi connectivity index (χ0n) is 19.4. The highest BCUT2D eigenvalue weighted by atomic mass is 19.1. The number of hydrogen-bond donors (Lipinski definition) is 1. The van der Waals surface area contributed by atoms with Crippen LogP contribution in [0.15, 0.2) is 45.3 Å². The van der Waals surface area contributed by atoms with Gasteiger partial charge in [-0.25, -0.2) is 9.07 Å². The molecule has 0 aliphatic rings. The molecule has 1 amide bonds. The summed E-state index contributed by atoms with van der Waals surface area (Å²) in [5.41, 5.74) is 3.41. The quantitative estimate of drug-likeness (QED) is 0.391. The van der Waals surface area contributed by atoms with E-state index in [0.717, 1.165) is 5.56 Å². The van der Waals surface area contributed by atoms with Crippen molar-refractivity contribution in [1.82, 2.24) is 30.7 Å². The lowest BCUT2D eigenvalue weighted by Crippen LogP contribution is -2.18. The summed E-state index contributed by atoms with van der Waals surface area (Å²) in [6.45, 7) is 3.72. The highest BCUT2D eigenvalue weighted by Gasteiger charge is 2.26. The van der Waals surface area contributed by atoms with Crippen LogP contribution in [-0.2, 0) is 13.7 Å². The average molecular weight is 476 g/mol. The summed E-state index contributed by atoms with van der Waals surface area (Å²) < 4.78 is 32.7. The van der Waals surface area contributed by atoms with Crippen molar-refractivity contribution in [3.05, 3.63) is 65.1 Å². The van der Waals surface area contributed by atoms with Gasteiger partial charge in [0.05, 0.1) is 16.8 Å². The molecule has 0 saturated carbocycles. The molecule has 0 bridgehead atoms. The van der Waals surface area contributed by atoms with Crippen LogP contribution in [0.3, 0.4) is 0 Å². The summed E-state index contributed by atoms with van der Waals surface area (Å²) in [6, 6.07) is 9.28. The number of hydrogen-bond acceptors (Lipinski definition) is 8. The van der Waals surface area contributed by atoms with Crippen molar-refractivity contribution >= 4 is 16.9 Å². The lowest BCUT2D eigenvalue weighted by atomic mass is 9.99. The number of amides is 1. The van der Waals surface area contributed by atoms with Crippen LogP contribution >= 0.6 is 0 Å². The number of aryl methyl sites for hydroxylation is 3. The van der Waals surface area contributed by atoms with Gasteiger partial charge in [0.2, 0.25) is 0 Å². The molecule has 0 unspecified atom stereocenters. The molecule has 178 valence electrons. The molecule has 0 radical (unpaired) electrons. The maximum absolute atomic E-state index is 13.5. The number of benzene rings is 2. The van der Waals surface area contributed by atoms with E-state index in [1.807, 2.05) is 6.92 Å². The van der Waals surface area contributed by atoms with Crippen molar-refractivity contribution in [2.45, 2.75) is 20.5 Å². The van der Waals surface area contributed by atoms with E-state index in [9.17, 15) is 9.18 Å². The minimum absolute atomic E-state index is 0.0867. The zero-order chi connectivity index (χ0) is 24.7. The summed E-state index contributed by atoms with van der Waals surface area (Å²) in [5.74, 6) is 1.16. The van der Waals surface area contributed by atoms with Gasteiger partial charge in [-0.15, -0.1) is 5.10 Å².